The number of rotatable bonds is 1. The molecule has 8 atom stereocenters. The van der Waals surface area contributed by atoms with Gasteiger partial charge in [-0.15, -0.1) is 0 Å². The smallest absolute Gasteiger partial charge is 0.0875 e. The highest BCUT2D eigenvalue weighted by Crippen LogP contribution is 2.63. The topological polar surface area (TPSA) is 12.5 Å². The van der Waals surface area contributed by atoms with Gasteiger partial charge in [-0.2, -0.15) is 0 Å². The minimum Gasteiger partial charge on any atom is -0.369 e. The molecule has 0 spiro atoms. The van der Waals surface area contributed by atoms with Gasteiger partial charge < -0.3 is 4.74 Å². The Bertz CT molecular complexity index is 312. The van der Waals surface area contributed by atoms with E-state index in [2.05, 4.69) is 0 Å². The number of fused-ring (bicyclic) bond motifs is 6. The van der Waals surface area contributed by atoms with E-state index in [0.29, 0.717) is 0 Å². The highest BCUT2D eigenvalue weighted by atomic mass is 16.6. The lowest BCUT2D eigenvalue weighted by Crippen LogP contribution is -2.27. The molecule has 0 N–H and O–H groups in total. The van der Waals surface area contributed by atoms with Gasteiger partial charge in [-0.05, 0) is 74.0 Å². The first-order chi connectivity index (χ1) is 7.40. The van der Waals surface area contributed by atoms with Crippen molar-refractivity contribution in [3.8, 4) is 0 Å². The molecule has 4 saturated carbocycles. The van der Waals surface area contributed by atoms with Gasteiger partial charge in [0.1, 0.15) is 0 Å². The van der Waals surface area contributed by atoms with Gasteiger partial charge in [0, 0.05) is 0 Å². The Balaban J connectivity index is 1.37. The van der Waals surface area contributed by atoms with E-state index in [0.717, 1.165) is 35.9 Å². The van der Waals surface area contributed by atoms with Crippen molar-refractivity contribution in [2.45, 2.75) is 50.7 Å². The molecule has 4 aliphatic carbocycles. The van der Waals surface area contributed by atoms with Gasteiger partial charge in [-0.25, -0.2) is 0 Å². The van der Waals surface area contributed by atoms with Crippen LogP contribution in [-0.2, 0) is 4.74 Å². The molecule has 0 radical (unpaired) electrons. The zero-order chi connectivity index (χ0) is 9.57. The lowest BCUT2D eigenvalue weighted by Gasteiger charge is -2.31. The molecule has 0 aromatic heterocycles. The second kappa shape index (κ2) is 2.45. The van der Waals surface area contributed by atoms with E-state index < -0.39 is 0 Å². The fourth-order valence-corrected chi connectivity index (χ4v) is 5.47. The van der Waals surface area contributed by atoms with E-state index in [1.807, 2.05) is 0 Å². The van der Waals surface area contributed by atoms with Crippen LogP contribution in [0.2, 0.25) is 0 Å². The van der Waals surface area contributed by atoms with Crippen LogP contribution in [0, 0.1) is 35.5 Å². The first-order valence-corrected chi connectivity index (χ1v) is 7.05. The second-order valence-electron chi connectivity index (χ2n) is 6.95. The molecule has 1 heteroatoms. The van der Waals surface area contributed by atoms with E-state index in [1.165, 1.54) is 24.7 Å². The summed E-state index contributed by atoms with van der Waals surface area (Å²) in [5, 5.41) is 0. The Hall–Kier alpha value is -0.0400. The van der Waals surface area contributed by atoms with Crippen molar-refractivity contribution in [3.63, 3.8) is 0 Å². The maximum atomic E-state index is 5.80. The van der Waals surface area contributed by atoms with Crippen molar-refractivity contribution >= 4 is 0 Å². The monoisotopic (exact) mass is 204 g/mol. The third-order valence-corrected chi connectivity index (χ3v) is 6.34. The van der Waals surface area contributed by atoms with E-state index in [4.69, 9.17) is 4.74 Å². The summed E-state index contributed by atoms with van der Waals surface area (Å²) in [5.41, 5.74) is 0. The Morgan fingerprint density at radius 3 is 2.20 bits per heavy atom. The first-order valence-electron chi connectivity index (χ1n) is 7.05. The summed E-state index contributed by atoms with van der Waals surface area (Å²) >= 11 is 0. The number of hydrogen-bond donors (Lipinski definition) is 0. The molecule has 1 aliphatic heterocycles. The molecule has 8 unspecified atom stereocenters. The van der Waals surface area contributed by atoms with Gasteiger partial charge in [0.05, 0.1) is 12.2 Å². The molecule has 1 saturated heterocycles. The molecule has 82 valence electrons. The summed E-state index contributed by atoms with van der Waals surface area (Å²) in [6.07, 6.45) is 10.9. The van der Waals surface area contributed by atoms with Gasteiger partial charge >= 0.3 is 0 Å². The third kappa shape index (κ3) is 0.988. The van der Waals surface area contributed by atoms with E-state index in [1.54, 1.807) is 25.7 Å². The molecule has 1 heterocycles. The van der Waals surface area contributed by atoms with Crippen LogP contribution in [0.4, 0.5) is 0 Å². The van der Waals surface area contributed by atoms with Gasteiger partial charge in [0.15, 0.2) is 0 Å². The zero-order valence-corrected chi connectivity index (χ0v) is 9.27. The van der Waals surface area contributed by atoms with Crippen LogP contribution in [0.3, 0.4) is 0 Å². The highest BCUT2D eigenvalue weighted by molar-refractivity contribution is 5.12. The van der Waals surface area contributed by atoms with Crippen molar-refractivity contribution in [3.05, 3.63) is 0 Å². The van der Waals surface area contributed by atoms with Gasteiger partial charge in [0.2, 0.25) is 0 Å². The fraction of sp³-hybridized carbons (Fsp3) is 1.00. The molecule has 1 nitrogen and oxygen atoms in total. The van der Waals surface area contributed by atoms with Gasteiger partial charge in [-0.3, -0.25) is 0 Å². The Morgan fingerprint density at radius 1 is 0.600 bits per heavy atom. The number of epoxide rings is 1. The van der Waals surface area contributed by atoms with E-state index in [-0.39, 0.29) is 0 Å². The largest absolute Gasteiger partial charge is 0.369 e. The van der Waals surface area contributed by atoms with Crippen molar-refractivity contribution in [2.75, 3.05) is 0 Å². The van der Waals surface area contributed by atoms with Crippen LogP contribution in [0.5, 0.6) is 0 Å². The summed E-state index contributed by atoms with van der Waals surface area (Å²) in [6.45, 7) is 0. The van der Waals surface area contributed by atoms with Crippen LogP contribution in [0.25, 0.3) is 0 Å². The highest BCUT2D eigenvalue weighted by Gasteiger charge is 2.64. The van der Waals surface area contributed by atoms with E-state index >= 15 is 0 Å². The first kappa shape index (κ1) is 8.11. The molecule has 0 amide bonds. The number of hydrogen-bond acceptors (Lipinski definition) is 1. The lowest BCUT2D eigenvalue weighted by molar-refractivity contribution is 0.170. The van der Waals surface area contributed by atoms with Crippen LogP contribution >= 0.6 is 0 Å². The SMILES string of the molecule is C1CC(C2CC3CC2C2OC32)CC2CC12. The predicted molar refractivity (Wildman–Crippen MR) is 57.3 cm³/mol. The lowest BCUT2D eigenvalue weighted by atomic mass is 9.73. The van der Waals surface area contributed by atoms with Crippen LogP contribution in [0.1, 0.15) is 38.5 Å². The van der Waals surface area contributed by atoms with E-state index in [9.17, 15) is 0 Å². The summed E-state index contributed by atoms with van der Waals surface area (Å²) in [7, 11) is 0. The quantitative estimate of drug-likeness (QED) is 0.598. The van der Waals surface area contributed by atoms with Crippen molar-refractivity contribution in [2.24, 2.45) is 35.5 Å². The fourth-order valence-electron chi connectivity index (χ4n) is 5.47. The molecule has 15 heavy (non-hydrogen) atoms. The Labute approximate surface area is 91.6 Å². The predicted octanol–water partition coefficient (Wildman–Crippen LogP) is 2.85. The van der Waals surface area contributed by atoms with Crippen molar-refractivity contribution < 1.29 is 4.74 Å². The molecular weight excluding hydrogens is 184 g/mol. The maximum Gasteiger partial charge on any atom is 0.0875 e. The minimum absolute atomic E-state index is 0.739. The van der Waals surface area contributed by atoms with Gasteiger partial charge in [-0.1, -0.05) is 0 Å². The molecule has 5 fully saturated rings. The second-order valence-corrected chi connectivity index (χ2v) is 6.95. The van der Waals surface area contributed by atoms with Crippen molar-refractivity contribution in [1.82, 2.24) is 0 Å². The Kier molecular flexibility index (Phi) is 1.32. The zero-order valence-electron chi connectivity index (χ0n) is 9.27. The molecule has 0 aromatic carbocycles. The van der Waals surface area contributed by atoms with Crippen LogP contribution in [-0.4, -0.2) is 12.2 Å². The summed E-state index contributed by atoms with van der Waals surface area (Å²) < 4.78 is 5.80. The standard InChI is InChI=1S/C14H20O/c1-2-8(4-9-3-7(1)9)11-5-10-6-12(11)14-13(10)15-14/h7-14H,1-6H2. The normalized spacial score (nSPS) is 68.8. The Morgan fingerprint density at radius 2 is 1.40 bits per heavy atom. The third-order valence-electron chi connectivity index (χ3n) is 6.34. The molecule has 2 bridgehead atoms. The average Bonchev–Trinajstić information content (AvgIpc) is 3.15. The van der Waals surface area contributed by atoms with Gasteiger partial charge in [0.25, 0.3) is 0 Å². The van der Waals surface area contributed by atoms with Crippen molar-refractivity contribution in [1.29, 1.82) is 0 Å². The van der Waals surface area contributed by atoms with Crippen LogP contribution < -0.4 is 0 Å². The molecular formula is C14H20O. The number of ether oxygens (including phenoxy) is 1. The summed E-state index contributed by atoms with van der Waals surface area (Å²) in [6, 6.07) is 0. The van der Waals surface area contributed by atoms with Crippen LogP contribution in [0.15, 0.2) is 0 Å². The average molecular weight is 204 g/mol. The molecule has 0 aromatic rings. The summed E-state index contributed by atoms with van der Waals surface area (Å²) in [5.74, 6) is 6.51. The minimum atomic E-state index is 0.739. The maximum absolute atomic E-state index is 5.80. The molecule has 5 aliphatic rings. The summed E-state index contributed by atoms with van der Waals surface area (Å²) in [4.78, 5) is 0. The molecule has 5 rings (SSSR count).